The molecule has 0 saturated carbocycles. The molecule has 4 amide bonds. The van der Waals surface area contributed by atoms with E-state index in [4.69, 9.17) is 9.47 Å². The largest absolute Gasteiger partial charge is 0.386 e. The molecule has 1 aromatic carbocycles. The highest BCUT2D eigenvalue weighted by molar-refractivity contribution is 5.82. The number of likely N-dealkylation sites (N-methyl/N-ethyl adjacent to an activating group) is 1. The van der Waals surface area contributed by atoms with Gasteiger partial charge in [-0.1, -0.05) is 132 Å². The Morgan fingerprint density at radius 1 is 0.828 bits per heavy atom. The quantitative estimate of drug-likeness (QED) is 0.0791. The molecule has 0 aliphatic heterocycles. The lowest BCUT2D eigenvalue weighted by Gasteiger charge is -2.39. The van der Waals surface area contributed by atoms with Crippen LogP contribution in [0.4, 0.5) is 0 Å². The Morgan fingerprint density at radius 3 is 1.72 bits per heavy atom. The molecule has 1 rings (SSSR count). The van der Waals surface area contributed by atoms with E-state index in [2.05, 4.69) is 78.1 Å². The van der Waals surface area contributed by atoms with Gasteiger partial charge in [0.1, 0.15) is 6.23 Å². The van der Waals surface area contributed by atoms with Crippen molar-refractivity contribution >= 4 is 24.1 Å². The van der Waals surface area contributed by atoms with Gasteiger partial charge in [0.05, 0.1) is 43.2 Å². The summed E-state index contributed by atoms with van der Waals surface area (Å²) in [6.07, 6.45) is 2.80. The first kappa shape index (κ1) is 61.6. The molecule has 0 fully saturated rings. The van der Waals surface area contributed by atoms with Crippen LogP contribution in [0, 0.1) is 17.8 Å². The van der Waals surface area contributed by atoms with Gasteiger partial charge in [-0.05, 0) is 58.7 Å². The second-order valence-corrected chi connectivity index (χ2v) is 15.2. The van der Waals surface area contributed by atoms with Crippen molar-refractivity contribution in [3.05, 3.63) is 35.9 Å². The molecule has 0 aromatic heterocycles. The number of aliphatic hydroxyl groups excluding tert-OH is 1. The molecule has 12 heteroatoms. The van der Waals surface area contributed by atoms with Crippen molar-refractivity contribution in [1.82, 2.24) is 25.3 Å². The zero-order valence-electron chi connectivity index (χ0n) is 40.6. The molecular weight excluding hydrogens is 735 g/mol. The number of nitrogens with one attached hydrogen (secondary N) is 2. The first-order valence-electron chi connectivity index (χ1n) is 21.8. The summed E-state index contributed by atoms with van der Waals surface area (Å²) in [4.78, 5) is 56.0. The third kappa shape index (κ3) is 25.4. The Bertz CT molecular complexity index is 1130. The Hall–Kier alpha value is -3.06. The monoisotopic (exact) mass is 826 g/mol. The zero-order chi connectivity index (χ0) is 46.0. The number of amides is 4. The molecule has 0 spiro atoms. The lowest BCUT2D eigenvalue weighted by atomic mass is 9.90. The number of ether oxygens (including phenoxy) is 2. The van der Waals surface area contributed by atoms with Gasteiger partial charge in [0.25, 0.3) is 0 Å². The van der Waals surface area contributed by atoms with Crippen molar-refractivity contribution in [3.63, 3.8) is 0 Å². The third-order valence-electron chi connectivity index (χ3n) is 9.69. The van der Waals surface area contributed by atoms with Gasteiger partial charge in [0.15, 0.2) is 0 Å². The molecule has 12 nitrogen and oxygen atoms in total. The number of rotatable bonds is 22. The van der Waals surface area contributed by atoms with Crippen molar-refractivity contribution in [3.8, 4) is 0 Å². The smallest absolute Gasteiger partial charge is 0.242 e. The number of unbranched alkanes of at least 4 members (excludes halogenated alkanes) is 1. The molecule has 8 atom stereocenters. The van der Waals surface area contributed by atoms with Gasteiger partial charge in [0, 0.05) is 33.9 Å². The van der Waals surface area contributed by atoms with Crippen LogP contribution in [0.3, 0.4) is 0 Å². The maximum absolute atomic E-state index is 13.9. The van der Waals surface area contributed by atoms with Crippen molar-refractivity contribution in [2.24, 2.45) is 17.8 Å². The minimum absolute atomic E-state index is 0.00234. The van der Waals surface area contributed by atoms with Gasteiger partial charge >= 0.3 is 0 Å². The lowest BCUT2D eigenvalue weighted by Crippen LogP contribution is -2.55. The van der Waals surface area contributed by atoms with Crippen LogP contribution in [0.2, 0.25) is 0 Å². The van der Waals surface area contributed by atoms with E-state index in [1.165, 1.54) is 32.0 Å². The SMILES string of the molecule is CC.CC(C)C(C)N(C)C.CCC.CCC.CCCCN(C(=O)CC(OC)C(C(C)CC)N(C)C(=O)CNC=O)C(OC)C(C)C(=O)NC(C)C(O)c1ccccc1. The second-order valence-electron chi connectivity index (χ2n) is 15.2. The van der Waals surface area contributed by atoms with E-state index < -0.39 is 36.4 Å². The van der Waals surface area contributed by atoms with Gasteiger partial charge in [-0.25, -0.2) is 0 Å². The molecular formula is C46H91N5O7. The fourth-order valence-electron chi connectivity index (χ4n) is 5.71. The van der Waals surface area contributed by atoms with Crippen molar-refractivity contribution in [2.45, 2.75) is 172 Å². The summed E-state index contributed by atoms with van der Waals surface area (Å²) >= 11 is 0. The van der Waals surface area contributed by atoms with Gasteiger partial charge in [-0.2, -0.15) is 0 Å². The van der Waals surface area contributed by atoms with E-state index in [1.807, 2.05) is 52.8 Å². The lowest BCUT2D eigenvalue weighted by molar-refractivity contribution is -0.158. The molecule has 0 radical (unpaired) electrons. The number of benzene rings is 1. The number of hydrogen-bond acceptors (Lipinski definition) is 8. The van der Waals surface area contributed by atoms with Crippen LogP contribution in [0.25, 0.3) is 0 Å². The Labute approximate surface area is 356 Å². The van der Waals surface area contributed by atoms with E-state index in [0.717, 1.165) is 18.8 Å². The fraction of sp³-hybridized carbons (Fsp3) is 0.783. The predicted molar refractivity (Wildman–Crippen MR) is 242 cm³/mol. The maximum atomic E-state index is 13.9. The number of carbonyl (C=O) groups is 4. The molecule has 58 heavy (non-hydrogen) atoms. The molecule has 0 heterocycles. The number of nitrogens with zero attached hydrogens (tertiary/aromatic N) is 3. The van der Waals surface area contributed by atoms with E-state index in [9.17, 15) is 24.3 Å². The normalized spacial score (nSPS) is 14.6. The summed E-state index contributed by atoms with van der Waals surface area (Å²) in [5.41, 5.74) is 0.688. The Morgan fingerprint density at radius 2 is 1.34 bits per heavy atom. The molecule has 1 aromatic rings. The summed E-state index contributed by atoms with van der Waals surface area (Å²) in [5.74, 6) is -0.892. The van der Waals surface area contributed by atoms with Crippen LogP contribution < -0.4 is 10.6 Å². The van der Waals surface area contributed by atoms with Crippen LogP contribution in [0.1, 0.15) is 147 Å². The number of hydrogen-bond donors (Lipinski definition) is 3. The Kier molecular flexibility index (Phi) is 40.5. The van der Waals surface area contributed by atoms with Crippen LogP contribution in [0.5, 0.6) is 0 Å². The van der Waals surface area contributed by atoms with Crippen LogP contribution >= 0.6 is 0 Å². The zero-order valence-corrected chi connectivity index (χ0v) is 40.6. The van der Waals surface area contributed by atoms with E-state index in [1.54, 1.807) is 37.9 Å². The highest BCUT2D eigenvalue weighted by atomic mass is 16.5. The highest BCUT2D eigenvalue weighted by Gasteiger charge is 2.38. The standard InChI is InChI=1S/C31H52N4O7.C7H17N.2C3H8.C2H6/c1-9-11-17-35(26(37)18-25(41-7)28(21(3)10-2)34(6)27(38)19-32-20-36)31(42-8)22(4)30(40)33-23(5)29(39)24-15-13-12-14-16-24;1-6(2)7(3)8(4)5;2*1-3-2;1-2/h12-16,20-23,25,28-29,31,39H,9-11,17-19H2,1-8H3,(H,32,36)(H,33,40);6-7H,1-5H3;2*3H2,1-2H3;1-2H3. The topological polar surface area (TPSA) is 141 Å². The predicted octanol–water partition coefficient (Wildman–Crippen LogP) is 7.94. The summed E-state index contributed by atoms with van der Waals surface area (Å²) in [6, 6.07) is 8.79. The van der Waals surface area contributed by atoms with Gasteiger partial charge < -0.3 is 39.9 Å². The molecule has 0 aliphatic carbocycles. The van der Waals surface area contributed by atoms with Crippen molar-refractivity contribution in [2.75, 3.05) is 48.5 Å². The fourth-order valence-corrected chi connectivity index (χ4v) is 5.71. The number of carbonyl (C=O) groups excluding carboxylic acids is 4. The van der Waals surface area contributed by atoms with Gasteiger partial charge in [-0.3, -0.25) is 19.2 Å². The summed E-state index contributed by atoms with van der Waals surface area (Å²) in [7, 11) is 8.85. The van der Waals surface area contributed by atoms with Gasteiger partial charge in [0.2, 0.25) is 24.1 Å². The molecule has 0 saturated heterocycles. The summed E-state index contributed by atoms with van der Waals surface area (Å²) in [6.45, 7) is 28.9. The van der Waals surface area contributed by atoms with Crippen LogP contribution in [-0.2, 0) is 28.7 Å². The maximum Gasteiger partial charge on any atom is 0.242 e. The van der Waals surface area contributed by atoms with Crippen molar-refractivity contribution in [1.29, 1.82) is 0 Å². The number of aliphatic hydroxyl groups is 1. The summed E-state index contributed by atoms with van der Waals surface area (Å²) in [5, 5.41) is 16.0. The average Bonchev–Trinajstić information content (AvgIpc) is 3.21. The van der Waals surface area contributed by atoms with Crippen LogP contribution in [-0.4, -0.2) is 123 Å². The molecule has 0 bridgehead atoms. The number of methoxy groups -OCH3 is 2. The first-order valence-corrected chi connectivity index (χ1v) is 21.8. The highest BCUT2D eigenvalue weighted by Crippen LogP contribution is 2.25. The van der Waals surface area contributed by atoms with E-state index in [-0.39, 0.29) is 36.6 Å². The third-order valence-corrected chi connectivity index (χ3v) is 9.69. The Balaban J connectivity index is -0.000000771. The molecule has 3 N–H and O–H groups in total. The minimum atomic E-state index is -0.900. The molecule has 8 unspecified atom stereocenters. The summed E-state index contributed by atoms with van der Waals surface area (Å²) < 4.78 is 11.5. The van der Waals surface area contributed by atoms with Crippen molar-refractivity contribution < 1.29 is 33.8 Å². The van der Waals surface area contributed by atoms with E-state index >= 15 is 0 Å². The van der Waals surface area contributed by atoms with E-state index in [0.29, 0.717) is 31.0 Å². The minimum Gasteiger partial charge on any atom is -0.386 e. The van der Waals surface area contributed by atoms with Crippen LogP contribution in [0.15, 0.2) is 30.3 Å². The van der Waals surface area contributed by atoms with Gasteiger partial charge in [-0.15, -0.1) is 0 Å². The molecule has 342 valence electrons. The second kappa shape index (κ2) is 38.2. The first-order chi connectivity index (χ1) is 27.4. The average molecular weight is 826 g/mol. The molecule has 0 aliphatic rings.